The molecule has 1 atom stereocenters. The molecule has 3 aromatic rings. The Hall–Kier alpha value is -3.21. The fraction of sp³-hybridized carbons (Fsp3) is 0.459. The number of fused-ring (bicyclic) bond motifs is 4. The van der Waals surface area contributed by atoms with Crippen LogP contribution in [0.5, 0.6) is 28.7 Å². The highest BCUT2D eigenvalue weighted by Gasteiger charge is 2.41. The molecule has 2 heterocycles. The van der Waals surface area contributed by atoms with Gasteiger partial charge >= 0.3 is 0 Å². The van der Waals surface area contributed by atoms with E-state index in [4.69, 9.17) is 23.1 Å². The lowest BCUT2D eigenvalue weighted by Crippen LogP contribution is -2.43. The molecule has 0 aromatic heterocycles. The highest BCUT2D eigenvalue weighted by Crippen LogP contribution is 2.53. The van der Waals surface area contributed by atoms with Gasteiger partial charge in [0.25, 0.3) is 0 Å². The summed E-state index contributed by atoms with van der Waals surface area (Å²) in [7, 11) is -4.07. The first-order chi connectivity index (χ1) is 21.0. The van der Waals surface area contributed by atoms with Crippen LogP contribution >= 0.6 is 0 Å². The molecule has 2 aliphatic heterocycles. The van der Waals surface area contributed by atoms with Crippen molar-refractivity contribution in [2.24, 2.45) is 0 Å². The van der Waals surface area contributed by atoms with Gasteiger partial charge in [0.2, 0.25) is 16.6 Å². The molecule has 5 rings (SSSR count). The van der Waals surface area contributed by atoms with E-state index in [1.807, 2.05) is 24.3 Å². The summed E-state index contributed by atoms with van der Waals surface area (Å²) < 4.78 is 32.4. The fourth-order valence-corrected chi connectivity index (χ4v) is 7.22. The van der Waals surface area contributed by atoms with Crippen molar-refractivity contribution in [2.75, 3.05) is 19.8 Å². The first-order valence-corrected chi connectivity index (χ1v) is 21.9. The summed E-state index contributed by atoms with van der Waals surface area (Å²) in [6.45, 7) is 23.3. The van der Waals surface area contributed by atoms with Crippen molar-refractivity contribution in [3.05, 3.63) is 77.4 Å². The number of aliphatic hydroxyl groups excluding tert-OH is 1. The van der Waals surface area contributed by atoms with Crippen LogP contribution in [0.15, 0.2) is 60.7 Å². The molecule has 0 bridgehead atoms. The van der Waals surface area contributed by atoms with Gasteiger partial charge in [-0.05, 0) is 83.8 Å². The Morgan fingerprint density at radius 1 is 0.733 bits per heavy atom. The SMILES string of the molecule is CC(C)(C)[Si](C)(C)Oc1ccc2c(c1)O[C@@H](c1ccc(OCCO)cc1)C1=C2CCOc2cc(O[Si](C)(C)C(C)(C)C)ccc21. The van der Waals surface area contributed by atoms with Gasteiger partial charge in [0.1, 0.15) is 41.5 Å². The summed E-state index contributed by atoms with van der Waals surface area (Å²) in [5, 5.41) is 9.38. The molecule has 2 aliphatic rings. The van der Waals surface area contributed by atoms with E-state index in [2.05, 4.69) is 104 Å². The predicted octanol–water partition coefficient (Wildman–Crippen LogP) is 9.65. The molecule has 0 fully saturated rings. The normalized spacial score (nSPS) is 16.8. The molecule has 0 spiro atoms. The van der Waals surface area contributed by atoms with Crippen molar-refractivity contribution in [1.82, 2.24) is 0 Å². The smallest absolute Gasteiger partial charge is 0.250 e. The molecular formula is C37H50O6Si2. The number of rotatable bonds is 8. The van der Waals surface area contributed by atoms with Crippen LogP contribution in [-0.2, 0) is 0 Å². The number of hydrogen-bond acceptors (Lipinski definition) is 6. The van der Waals surface area contributed by atoms with Crippen molar-refractivity contribution >= 4 is 27.8 Å². The average Bonchev–Trinajstić information content (AvgIpc) is 3.14. The van der Waals surface area contributed by atoms with E-state index in [9.17, 15) is 5.11 Å². The summed E-state index contributed by atoms with van der Waals surface area (Å²) in [5.74, 6) is 4.02. The fourth-order valence-electron chi connectivity index (χ4n) is 5.18. The van der Waals surface area contributed by atoms with Gasteiger partial charge in [0, 0.05) is 35.3 Å². The maximum atomic E-state index is 9.21. The monoisotopic (exact) mass is 646 g/mol. The van der Waals surface area contributed by atoms with Crippen LogP contribution in [0.25, 0.3) is 11.1 Å². The molecule has 0 amide bonds. The standard InChI is InChI=1S/C37H50O6Si2/c1-36(2,3)44(7,8)42-27-16-18-31-32(23-27)40-21-19-30-29-17-15-28(43-45(9,10)37(4,5)6)24-33(29)41-35(34(30)31)25-11-13-26(14-12-25)39-22-20-38/h11-18,23-24,35,38H,19-22H2,1-10H3/t35-/m0/s1. The zero-order valence-electron chi connectivity index (χ0n) is 28.7. The highest BCUT2D eigenvalue weighted by atomic mass is 28.4. The average molecular weight is 647 g/mol. The quantitative estimate of drug-likeness (QED) is 0.246. The van der Waals surface area contributed by atoms with E-state index < -0.39 is 16.6 Å². The minimum absolute atomic E-state index is 0.0301. The summed E-state index contributed by atoms with van der Waals surface area (Å²) >= 11 is 0. The van der Waals surface area contributed by atoms with Gasteiger partial charge in [0.15, 0.2) is 0 Å². The summed E-state index contributed by atoms with van der Waals surface area (Å²) in [6.07, 6.45) is 0.380. The van der Waals surface area contributed by atoms with Gasteiger partial charge in [-0.15, -0.1) is 0 Å². The Morgan fingerprint density at radius 2 is 1.27 bits per heavy atom. The van der Waals surface area contributed by atoms with Crippen molar-refractivity contribution < 1.29 is 28.2 Å². The molecule has 8 heteroatoms. The van der Waals surface area contributed by atoms with Gasteiger partial charge in [-0.3, -0.25) is 0 Å². The number of aliphatic hydroxyl groups is 1. The maximum Gasteiger partial charge on any atom is 0.250 e. The lowest BCUT2D eigenvalue weighted by molar-refractivity contribution is 0.201. The largest absolute Gasteiger partial charge is 0.543 e. The molecule has 0 saturated heterocycles. The van der Waals surface area contributed by atoms with Crippen LogP contribution in [0, 0.1) is 0 Å². The lowest BCUT2D eigenvalue weighted by Gasteiger charge is -2.37. The maximum absolute atomic E-state index is 9.21. The molecule has 0 saturated carbocycles. The molecule has 242 valence electrons. The van der Waals surface area contributed by atoms with Gasteiger partial charge < -0.3 is 28.2 Å². The molecule has 1 N–H and O–H groups in total. The molecule has 0 radical (unpaired) electrons. The molecule has 45 heavy (non-hydrogen) atoms. The van der Waals surface area contributed by atoms with Crippen molar-refractivity contribution in [3.8, 4) is 28.7 Å². The number of hydrogen-bond donors (Lipinski definition) is 1. The first-order valence-electron chi connectivity index (χ1n) is 16.0. The van der Waals surface area contributed by atoms with Crippen molar-refractivity contribution in [3.63, 3.8) is 0 Å². The van der Waals surface area contributed by atoms with E-state index in [0.717, 1.165) is 51.7 Å². The predicted molar refractivity (Wildman–Crippen MR) is 188 cm³/mol. The minimum Gasteiger partial charge on any atom is -0.543 e. The van der Waals surface area contributed by atoms with Crippen LogP contribution in [0.2, 0.25) is 36.3 Å². The Kier molecular flexibility index (Phi) is 8.98. The van der Waals surface area contributed by atoms with E-state index in [1.54, 1.807) is 0 Å². The van der Waals surface area contributed by atoms with E-state index in [1.165, 1.54) is 5.57 Å². The highest BCUT2D eigenvalue weighted by molar-refractivity contribution is 6.75. The Labute approximate surface area is 271 Å². The van der Waals surface area contributed by atoms with Crippen molar-refractivity contribution in [1.29, 1.82) is 0 Å². The second kappa shape index (κ2) is 12.2. The molecule has 3 aromatic carbocycles. The first kappa shape index (κ1) is 33.2. The summed E-state index contributed by atoms with van der Waals surface area (Å²) in [6, 6.07) is 20.5. The van der Waals surface area contributed by atoms with Gasteiger partial charge in [-0.25, -0.2) is 0 Å². The van der Waals surface area contributed by atoms with E-state index in [0.29, 0.717) is 12.4 Å². The Bertz CT molecular complexity index is 1560. The Balaban J connectivity index is 1.61. The summed E-state index contributed by atoms with van der Waals surface area (Å²) in [4.78, 5) is 0. The van der Waals surface area contributed by atoms with Crippen LogP contribution in [0.3, 0.4) is 0 Å². The van der Waals surface area contributed by atoms with Gasteiger partial charge in [-0.2, -0.15) is 0 Å². The van der Waals surface area contributed by atoms with Gasteiger partial charge in [-0.1, -0.05) is 53.7 Å². The zero-order chi connectivity index (χ0) is 32.8. The summed E-state index contributed by atoms with van der Waals surface area (Å²) in [5.41, 5.74) is 5.43. The third-order valence-corrected chi connectivity index (χ3v) is 18.6. The van der Waals surface area contributed by atoms with Gasteiger partial charge in [0.05, 0.1) is 13.2 Å². The molecule has 6 nitrogen and oxygen atoms in total. The van der Waals surface area contributed by atoms with Crippen LogP contribution in [-0.4, -0.2) is 41.6 Å². The van der Waals surface area contributed by atoms with Crippen LogP contribution < -0.4 is 23.1 Å². The zero-order valence-corrected chi connectivity index (χ0v) is 30.7. The lowest BCUT2D eigenvalue weighted by atomic mass is 9.84. The van der Waals surface area contributed by atoms with Crippen LogP contribution in [0.1, 0.15) is 70.8 Å². The topological polar surface area (TPSA) is 66.4 Å². The van der Waals surface area contributed by atoms with Crippen LogP contribution in [0.4, 0.5) is 0 Å². The van der Waals surface area contributed by atoms with E-state index in [-0.39, 0.29) is 29.4 Å². The Morgan fingerprint density at radius 3 is 1.82 bits per heavy atom. The van der Waals surface area contributed by atoms with E-state index >= 15 is 0 Å². The second-order valence-corrected chi connectivity index (χ2v) is 24.6. The number of ether oxygens (including phenoxy) is 3. The second-order valence-electron chi connectivity index (χ2n) is 15.2. The van der Waals surface area contributed by atoms with Crippen molar-refractivity contribution in [2.45, 2.75) is 90.3 Å². The third kappa shape index (κ3) is 6.83. The minimum atomic E-state index is -2.04. The number of benzene rings is 3. The molecular weight excluding hydrogens is 597 g/mol. The molecule has 0 unspecified atom stereocenters. The molecule has 0 aliphatic carbocycles. The third-order valence-electron chi connectivity index (χ3n) is 9.86.